The minimum Gasteiger partial charge on any atom is -0.493 e. The van der Waals surface area contributed by atoms with Crippen molar-refractivity contribution < 1.29 is 19.2 Å². The summed E-state index contributed by atoms with van der Waals surface area (Å²) in [6, 6.07) is 25.9. The molecule has 4 aromatic carbocycles. The van der Waals surface area contributed by atoms with Gasteiger partial charge in [0.25, 0.3) is 11.5 Å². The van der Waals surface area contributed by atoms with Crippen LogP contribution in [0.2, 0.25) is 0 Å². The van der Waals surface area contributed by atoms with Crippen molar-refractivity contribution in [2.45, 2.75) is 6.92 Å². The molecule has 210 valence electrons. The van der Waals surface area contributed by atoms with Crippen LogP contribution in [0.3, 0.4) is 0 Å². The summed E-state index contributed by atoms with van der Waals surface area (Å²) in [5, 5.41) is 19.4. The highest BCUT2D eigenvalue weighted by molar-refractivity contribution is 5.92. The molecule has 0 aliphatic carbocycles. The van der Waals surface area contributed by atoms with Gasteiger partial charge in [0.2, 0.25) is 5.75 Å². The van der Waals surface area contributed by atoms with E-state index in [-0.39, 0.29) is 17.1 Å². The van der Waals surface area contributed by atoms with E-state index in [2.05, 4.69) is 15.4 Å². The number of nitrogens with one attached hydrogen (secondary N) is 1. The first-order chi connectivity index (χ1) is 20.3. The average Bonchev–Trinajstić information content (AvgIpc) is 3.00. The van der Waals surface area contributed by atoms with Gasteiger partial charge in [-0.25, -0.2) is 4.98 Å². The number of aryl methyl sites for hydroxylation is 1. The molecular formula is C31H25N5O6. The Morgan fingerprint density at radius 2 is 1.76 bits per heavy atom. The van der Waals surface area contributed by atoms with Gasteiger partial charge in [-0.2, -0.15) is 9.78 Å². The summed E-state index contributed by atoms with van der Waals surface area (Å²) in [6.45, 7) is 1.44. The normalized spacial score (nSPS) is 11.0. The molecule has 0 aliphatic rings. The predicted octanol–water partition coefficient (Wildman–Crippen LogP) is 5.19. The molecule has 1 N–H and O–H groups in total. The number of hydrogen-bond acceptors (Lipinski definition) is 8. The number of amides is 1. The largest absolute Gasteiger partial charge is 0.493 e. The fourth-order valence-electron chi connectivity index (χ4n) is 4.22. The van der Waals surface area contributed by atoms with Crippen molar-refractivity contribution in [1.29, 1.82) is 0 Å². The lowest BCUT2D eigenvalue weighted by molar-refractivity contribution is -0.385. The van der Waals surface area contributed by atoms with E-state index in [1.165, 1.54) is 25.5 Å². The molecule has 0 atom stereocenters. The number of fused-ring (bicyclic) bond motifs is 1. The second-order valence-corrected chi connectivity index (χ2v) is 9.21. The molecule has 11 nitrogen and oxygen atoms in total. The van der Waals surface area contributed by atoms with E-state index < -0.39 is 28.7 Å². The van der Waals surface area contributed by atoms with Gasteiger partial charge in [0.05, 0.1) is 29.2 Å². The van der Waals surface area contributed by atoms with Crippen molar-refractivity contribution in [3.8, 4) is 22.9 Å². The van der Waals surface area contributed by atoms with Gasteiger partial charge in [-0.15, -0.1) is 0 Å². The van der Waals surface area contributed by atoms with Gasteiger partial charge >= 0.3 is 5.69 Å². The van der Waals surface area contributed by atoms with Crippen LogP contribution in [0.4, 0.5) is 11.4 Å². The van der Waals surface area contributed by atoms with Crippen LogP contribution in [-0.4, -0.2) is 40.4 Å². The molecule has 0 bridgehead atoms. The number of benzene rings is 4. The number of methoxy groups -OCH3 is 1. The summed E-state index contributed by atoms with van der Waals surface area (Å²) < 4.78 is 12.1. The van der Waals surface area contributed by atoms with E-state index in [0.29, 0.717) is 28.0 Å². The van der Waals surface area contributed by atoms with E-state index in [1.54, 1.807) is 48.5 Å². The first-order valence-corrected chi connectivity index (χ1v) is 12.8. The molecule has 1 amide bonds. The first kappa shape index (κ1) is 27.7. The third-order valence-electron chi connectivity index (χ3n) is 6.27. The van der Waals surface area contributed by atoms with Crippen molar-refractivity contribution in [1.82, 2.24) is 9.66 Å². The van der Waals surface area contributed by atoms with Gasteiger partial charge < -0.3 is 14.8 Å². The fraction of sp³-hybridized carbons (Fsp3) is 0.0968. The van der Waals surface area contributed by atoms with Crippen molar-refractivity contribution in [3.05, 3.63) is 123 Å². The maximum Gasteiger partial charge on any atom is 0.315 e. The van der Waals surface area contributed by atoms with Gasteiger partial charge in [0.15, 0.2) is 18.2 Å². The highest BCUT2D eigenvalue weighted by atomic mass is 16.6. The zero-order chi connectivity index (χ0) is 29.6. The topological polar surface area (TPSA) is 138 Å². The number of hydrogen-bond donors (Lipinski definition) is 1. The second kappa shape index (κ2) is 12.1. The molecule has 5 aromatic rings. The highest BCUT2D eigenvalue weighted by Crippen LogP contribution is 2.38. The van der Waals surface area contributed by atoms with Crippen LogP contribution in [0.1, 0.15) is 11.1 Å². The second-order valence-electron chi connectivity index (χ2n) is 9.21. The van der Waals surface area contributed by atoms with Crippen LogP contribution < -0.4 is 20.3 Å². The fourth-order valence-corrected chi connectivity index (χ4v) is 4.22. The Kier molecular flexibility index (Phi) is 8.00. The Labute approximate surface area is 239 Å². The van der Waals surface area contributed by atoms with Crippen molar-refractivity contribution in [2.75, 3.05) is 19.0 Å². The molecule has 0 radical (unpaired) electrons. The summed E-state index contributed by atoms with van der Waals surface area (Å²) in [7, 11) is 1.32. The molecule has 5 rings (SSSR count). The summed E-state index contributed by atoms with van der Waals surface area (Å²) in [6.07, 6.45) is 1.30. The third kappa shape index (κ3) is 5.99. The number of rotatable bonds is 9. The maximum atomic E-state index is 13.4. The summed E-state index contributed by atoms with van der Waals surface area (Å²) in [4.78, 5) is 41.8. The van der Waals surface area contributed by atoms with E-state index in [4.69, 9.17) is 9.47 Å². The van der Waals surface area contributed by atoms with E-state index in [0.717, 1.165) is 10.2 Å². The maximum absolute atomic E-state index is 13.4. The molecule has 1 aromatic heterocycles. The smallest absolute Gasteiger partial charge is 0.315 e. The zero-order valence-electron chi connectivity index (χ0n) is 22.7. The SMILES string of the molecule is COc1cc(C=Nn2c(-c3ccccc3)nc3ccccc3c2=O)cc([N+](=O)[O-])c1OCC(=O)Nc1ccc(C)cc1. The molecule has 0 saturated heterocycles. The minimum absolute atomic E-state index is 0.0149. The first-order valence-electron chi connectivity index (χ1n) is 12.8. The summed E-state index contributed by atoms with van der Waals surface area (Å²) in [5.41, 5.74) is 2.19. The van der Waals surface area contributed by atoms with E-state index in [9.17, 15) is 19.7 Å². The van der Waals surface area contributed by atoms with Crippen LogP contribution in [0.15, 0.2) is 101 Å². The molecule has 0 saturated carbocycles. The Morgan fingerprint density at radius 1 is 1.05 bits per heavy atom. The van der Waals surface area contributed by atoms with Crippen LogP contribution in [-0.2, 0) is 4.79 Å². The minimum atomic E-state index is -0.647. The lowest BCUT2D eigenvalue weighted by Gasteiger charge is -2.12. The van der Waals surface area contributed by atoms with Crippen molar-refractivity contribution in [3.63, 3.8) is 0 Å². The number of para-hydroxylation sites is 1. The summed E-state index contributed by atoms with van der Waals surface area (Å²) in [5.74, 6) is -0.400. The van der Waals surface area contributed by atoms with Crippen LogP contribution >= 0.6 is 0 Å². The number of carbonyl (C=O) groups is 1. The molecule has 0 aliphatic heterocycles. The zero-order valence-corrected chi connectivity index (χ0v) is 22.7. The van der Waals surface area contributed by atoms with Gasteiger partial charge in [0.1, 0.15) is 0 Å². The van der Waals surface area contributed by atoms with E-state index >= 15 is 0 Å². The number of nitro benzene ring substituents is 1. The number of aromatic nitrogens is 2. The van der Waals surface area contributed by atoms with Gasteiger partial charge in [-0.3, -0.25) is 19.7 Å². The van der Waals surface area contributed by atoms with Crippen molar-refractivity contribution >= 4 is 34.4 Å². The number of nitrogens with zero attached hydrogens (tertiary/aromatic N) is 4. The lowest BCUT2D eigenvalue weighted by atomic mass is 10.2. The number of anilines is 1. The molecule has 1 heterocycles. The third-order valence-corrected chi connectivity index (χ3v) is 6.27. The van der Waals surface area contributed by atoms with Crippen LogP contribution in [0.25, 0.3) is 22.3 Å². The predicted molar refractivity (Wildman–Crippen MR) is 159 cm³/mol. The Balaban J connectivity index is 1.48. The Bertz CT molecular complexity index is 1870. The van der Waals surface area contributed by atoms with Crippen LogP contribution in [0.5, 0.6) is 11.5 Å². The monoisotopic (exact) mass is 563 g/mol. The molecule has 0 spiro atoms. The van der Waals surface area contributed by atoms with Crippen LogP contribution in [0, 0.1) is 17.0 Å². The number of nitro groups is 1. The number of ether oxygens (including phenoxy) is 2. The van der Waals surface area contributed by atoms with Gasteiger partial charge in [-0.1, -0.05) is 60.2 Å². The molecule has 42 heavy (non-hydrogen) atoms. The molecule has 0 fully saturated rings. The number of carbonyl (C=O) groups excluding carboxylic acids is 1. The van der Waals surface area contributed by atoms with Gasteiger partial charge in [0, 0.05) is 22.9 Å². The highest BCUT2D eigenvalue weighted by Gasteiger charge is 2.23. The average molecular weight is 564 g/mol. The summed E-state index contributed by atoms with van der Waals surface area (Å²) >= 11 is 0. The molecule has 11 heteroatoms. The van der Waals surface area contributed by atoms with Gasteiger partial charge in [-0.05, 0) is 37.3 Å². The Hall–Kier alpha value is -5.84. The lowest BCUT2D eigenvalue weighted by Crippen LogP contribution is -2.21. The Morgan fingerprint density at radius 3 is 2.48 bits per heavy atom. The quantitative estimate of drug-likeness (QED) is 0.148. The molecule has 0 unspecified atom stereocenters. The standard InChI is InChI=1S/C31H25N5O6/c1-20-12-14-23(15-13-20)33-28(37)19-42-29-26(36(39)40)16-21(17-27(29)41-2)18-32-35-30(22-8-4-3-5-9-22)34-25-11-7-6-10-24(25)31(35)38/h3-18H,19H2,1-2H3,(H,33,37). The van der Waals surface area contributed by atoms with E-state index in [1.807, 2.05) is 37.3 Å². The van der Waals surface area contributed by atoms with Crippen molar-refractivity contribution in [2.24, 2.45) is 5.10 Å². The molecular weight excluding hydrogens is 538 g/mol.